The van der Waals surface area contributed by atoms with E-state index in [9.17, 15) is 14.4 Å². The number of hydrogen-bond donors (Lipinski definition) is 2. The third-order valence-corrected chi connectivity index (χ3v) is 6.78. The predicted octanol–water partition coefficient (Wildman–Crippen LogP) is 2.86. The molecule has 170 valence electrons. The zero-order valence-corrected chi connectivity index (χ0v) is 18.9. The second-order valence-corrected chi connectivity index (χ2v) is 9.16. The number of likely N-dealkylation sites (tertiary alicyclic amines) is 1. The molecule has 0 radical (unpaired) electrons. The SMILES string of the molecule is NC(=O)c1nn(CC(=O)N2[C@@H]3CCC(C3)[C@H]2C(=O)Nc2cccc(Cl)n2)c2ccc(Cl)cc12. The van der Waals surface area contributed by atoms with Crippen LogP contribution in [0.5, 0.6) is 0 Å². The maximum absolute atomic E-state index is 13.4. The van der Waals surface area contributed by atoms with Crippen molar-refractivity contribution in [3.05, 3.63) is 52.3 Å². The molecule has 1 aromatic carbocycles. The Balaban J connectivity index is 1.42. The van der Waals surface area contributed by atoms with Gasteiger partial charge in [-0.3, -0.25) is 19.1 Å². The molecule has 33 heavy (non-hydrogen) atoms. The smallest absolute Gasteiger partial charge is 0.269 e. The van der Waals surface area contributed by atoms with Crippen molar-refractivity contribution in [2.24, 2.45) is 11.7 Å². The fourth-order valence-electron chi connectivity index (χ4n) is 5.03. The van der Waals surface area contributed by atoms with Gasteiger partial charge in [-0.1, -0.05) is 29.3 Å². The minimum Gasteiger partial charge on any atom is -0.364 e. The van der Waals surface area contributed by atoms with E-state index >= 15 is 0 Å². The summed E-state index contributed by atoms with van der Waals surface area (Å²) in [4.78, 5) is 44.2. The number of benzene rings is 1. The van der Waals surface area contributed by atoms with Crippen LogP contribution in [0.2, 0.25) is 10.2 Å². The first-order valence-electron chi connectivity index (χ1n) is 10.5. The number of fused-ring (bicyclic) bond motifs is 3. The van der Waals surface area contributed by atoms with Gasteiger partial charge in [0.25, 0.3) is 5.91 Å². The maximum atomic E-state index is 13.4. The lowest BCUT2D eigenvalue weighted by Gasteiger charge is -2.34. The molecule has 11 heteroatoms. The number of nitrogens with two attached hydrogens (primary N) is 1. The van der Waals surface area contributed by atoms with E-state index in [0.717, 1.165) is 19.3 Å². The molecule has 3 heterocycles. The summed E-state index contributed by atoms with van der Waals surface area (Å²) in [6.45, 7) is -0.131. The van der Waals surface area contributed by atoms with Gasteiger partial charge in [0.15, 0.2) is 5.69 Å². The highest BCUT2D eigenvalue weighted by Gasteiger charge is 2.51. The van der Waals surface area contributed by atoms with E-state index in [0.29, 0.717) is 21.7 Å². The van der Waals surface area contributed by atoms with Crippen LogP contribution >= 0.6 is 23.2 Å². The van der Waals surface area contributed by atoms with Crippen molar-refractivity contribution in [2.45, 2.75) is 37.9 Å². The average molecular weight is 487 g/mol. The van der Waals surface area contributed by atoms with Crippen LogP contribution in [0.3, 0.4) is 0 Å². The molecule has 9 nitrogen and oxygen atoms in total. The Hall–Kier alpha value is -3.17. The van der Waals surface area contributed by atoms with Crippen molar-refractivity contribution in [2.75, 3.05) is 5.32 Å². The Morgan fingerprint density at radius 2 is 1.97 bits per heavy atom. The topological polar surface area (TPSA) is 123 Å². The number of amides is 3. The first-order chi connectivity index (χ1) is 15.8. The molecular formula is C22H20Cl2N6O3. The number of halogens is 2. The van der Waals surface area contributed by atoms with Gasteiger partial charge in [0.2, 0.25) is 11.8 Å². The van der Waals surface area contributed by atoms with Crippen LogP contribution in [-0.2, 0) is 16.1 Å². The fraction of sp³-hybridized carbons (Fsp3) is 0.318. The van der Waals surface area contributed by atoms with E-state index in [-0.39, 0.29) is 41.2 Å². The van der Waals surface area contributed by atoms with E-state index in [1.807, 2.05) is 0 Å². The van der Waals surface area contributed by atoms with Crippen LogP contribution in [0.15, 0.2) is 36.4 Å². The number of carbonyl (C=O) groups is 3. The van der Waals surface area contributed by atoms with Gasteiger partial charge in [-0.25, -0.2) is 4.98 Å². The minimum atomic E-state index is -0.708. The van der Waals surface area contributed by atoms with Gasteiger partial charge in [0.05, 0.1) is 5.52 Å². The van der Waals surface area contributed by atoms with Gasteiger partial charge in [0, 0.05) is 16.5 Å². The van der Waals surface area contributed by atoms with E-state index in [2.05, 4.69) is 15.4 Å². The van der Waals surface area contributed by atoms with Crippen LogP contribution in [0.4, 0.5) is 5.82 Å². The Morgan fingerprint density at radius 3 is 2.73 bits per heavy atom. The lowest BCUT2D eigenvalue weighted by Crippen LogP contribution is -2.52. The summed E-state index contributed by atoms with van der Waals surface area (Å²) >= 11 is 12.0. The zero-order chi connectivity index (χ0) is 23.3. The molecule has 1 aliphatic carbocycles. The number of rotatable bonds is 5. The average Bonchev–Trinajstić information content (AvgIpc) is 3.46. The molecule has 3 atom stereocenters. The number of anilines is 1. The first-order valence-corrected chi connectivity index (χ1v) is 11.3. The van der Waals surface area contributed by atoms with Gasteiger partial charge in [-0.15, -0.1) is 0 Å². The maximum Gasteiger partial charge on any atom is 0.269 e. The standard InChI is InChI=1S/C22H20Cl2N6O3/c23-12-5-7-15-14(9-12)19(21(25)32)28-29(15)10-18(31)30-13-6-4-11(8-13)20(30)22(33)27-17-3-1-2-16(24)26-17/h1-3,5,7,9,11,13,20H,4,6,8,10H2,(H2,25,32)(H,26,27,33)/t11?,13-,20+/m1/s1. The molecule has 1 saturated heterocycles. The van der Waals surface area contributed by atoms with Gasteiger partial charge >= 0.3 is 0 Å². The number of carbonyl (C=O) groups excluding carboxylic acids is 3. The quantitative estimate of drug-likeness (QED) is 0.536. The van der Waals surface area contributed by atoms with Crippen molar-refractivity contribution in [3.8, 4) is 0 Å². The number of nitrogens with one attached hydrogen (secondary N) is 1. The molecule has 3 amide bonds. The molecule has 5 rings (SSSR count). The number of hydrogen-bond acceptors (Lipinski definition) is 5. The Kier molecular flexibility index (Phi) is 5.46. The molecular weight excluding hydrogens is 467 g/mol. The zero-order valence-electron chi connectivity index (χ0n) is 17.4. The van der Waals surface area contributed by atoms with Crippen LogP contribution in [-0.4, -0.2) is 49.5 Å². The fourth-order valence-corrected chi connectivity index (χ4v) is 5.36. The lowest BCUT2D eigenvalue weighted by atomic mass is 9.97. The largest absolute Gasteiger partial charge is 0.364 e. The Morgan fingerprint density at radius 1 is 1.15 bits per heavy atom. The third-order valence-electron chi connectivity index (χ3n) is 6.34. The second-order valence-electron chi connectivity index (χ2n) is 8.34. The van der Waals surface area contributed by atoms with Gasteiger partial charge in [-0.2, -0.15) is 5.10 Å². The van der Waals surface area contributed by atoms with E-state index < -0.39 is 11.9 Å². The van der Waals surface area contributed by atoms with Crippen LogP contribution in [0, 0.1) is 5.92 Å². The molecule has 0 spiro atoms. The molecule has 2 aromatic heterocycles. The molecule has 1 saturated carbocycles. The summed E-state index contributed by atoms with van der Waals surface area (Å²) in [6, 6.07) is 9.28. The molecule has 3 aromatic rings. The normalized spacial score (nSPS) is 21.5. The van der Waals surface area contributed by atoms with Crippen LogP contribution in [0.25, 0.3) is 10.9 Å². The lowest BCUT2D eigenvalue weighted by molar-refractivity contribution is -0.141. The second kappa shape index (κ2) is 8.31. The summed E-state index contributed by atoms with van der Waals surface area (Å²) < 4.78 is 1.44. The minimum absolute atomic E-state index is 0.0162. The van der Waals surface area contributed by atoms with Crippen LogP contribution < -0.4 is 11.1 Å². The Bertz CT molecular complexity index is 1290. The highest BCUT2D eigenvalue weighted by atomic mass is 35.5. The highest BCUT2D eigenvalue weighted by Crippen LogP contribution is 2.43. The van der Waals surface area contributed by atoms with Gasteiger partial charge in [-0.05, 0) is 55.5 Å². The van der Waals surface area contributed by atoms with Gasteiger partial charge < -0.3 is 16.0 Å². The molecule has 3 N–H and O–H groups in total. The summed E-state index contributed by atoms with van der Waals surface area (Å²) in [5, 5.41) is 8.22. The summed E-state index contributed by atoms with van der Waals surface area (Å²) in [7, 11) is 0. The highest BCUT2D eigenvalue weighted by molar-refractivity contribution is 6.31. The molecule has 2 bridgehead atoms. The van der Waals surface area contributed by atoms with Crippen LogP contribution in [0.1, 0.15) is 29.8 Å². The molecule has 2 aliphatic rings. The summed E-state index contributed by atoms with van der Waals surface area (Å²) in [5.74, 6) is -0.840. The molecule has 1 aliphatic heterocycles. The number of nitrogens with zero attached hydrogens (tertiary/aromatic N) is 4. The van der Waals surface area contributed by atoms with Crippen molar-refractivity contribution in [3.63, 3.8) is 0 Å². The number of pyridine rings is 1. The summed E-state index contributed by atoms with van der Waals surface area (Å²) in [6.07, 6.45) is 2.50. The number of piperidine rings is 1. The molecule has 2 fully saturated rings. The first kappa shape index (κ1) is 21.7. The third kappa shape index (κ3) is 3.91. The van der Waals surface area contributed by atoms with E-state index in [4.69, 9.17) is 28.9 Å². The number of primary amides is 1. The monoisotopic (exact) mass is 486 g/mol. The van der Waals surface area contributed by atoms with Gasteiger partial charge in [0.1, 0.15) is 23.6 Å². The van der Waals surface area contributed by atoms with Crippen molar-refractivity contribution in [1.82, 2.24) is 19.7 Å². The van der Waals surface area contributed by atoms with Crippen molar-refractivity contribution < 1.29 is 14.4 Å². The molecule has 1 unspecified atom stereocenters. The van der Waals surface area contributed by atoms with Crippen molar-refractivity contribution >= 4 is 57.6 Å². The Labute approximate surface area is 198 Å². The predicted molar refractivity (Wildman–Crippen MR) is 123 cm³/mol. The van der Waals surface area contributed by atoms with E-state index in [1.54, 1.807) is 41.3 Å². The van der Waals surface area contributed by atoms with Crippen molar-refractivity contribution in [1.29, 1.82) is 0 Å². The summed E-state index contributed by atoms with van der Waals surface area (Å²) in [5.41, 5.74) is 6.08. The number of aromatic nitrogens is 3. The van der Waals surface area contributed by atoms with E-state index in [1.165, 1.54) is 4.68 Å².